The average Bonchev–Trinajstić information content (AvgIpc) is 2.55. The third kappa shape index (κ3) is 28.8. The fourth-order valence-corrected chi connectivity index (χ4v) is 3.70. The quantitative estimate of drug-likeness (QED) is 0.183. The molecule has 0 unspecified atom stereocenters. The summed E-state index contributed by atoms with van der Waals surface area (Å²) >= 11 is 0. The molecular formula is C26H55LiN. The van der Waals surface area contributed by atoms with Crippen LogP contribution in [-0.4, -0.2) is 32.0 Å². The molecule has 1 radical (unpaired) electrons. The minimum absolute atomic E-state index is 0. The smallest absolute Gasteiger partial charge is 0 e. The van der Waals surface area contributed by atoms with Crippen LogP contribution in [0.3, 0.4) is 0 Å². The van der Waals surface area contributed by atoms with Gasteiger partial charge in [-0.1, -0.05) is 119 Å². The summed E-state index contributed by atoms with van der Waals surface area (Å²) in [5.74, 6) is 0. The predicted octanol–water partition coefficient (Wildman–Crippen LogP) is 8.53. The van der Waals surface area contributed by atoms with E-state index >= 15 is 0 Å². The van der Waals surface area contributed by atoms with E-state index in [1.54, 1.807) is 0 Å². The Hall–Kier alpha value is 0.557. The second kappa shape index (κ2) is 19.5. The zero-order chi connectivity index (χ0) is 20.4. The minimum atomic E-state index is 0. The molecule has 28 heavy (non-hydrogen) atoms. The molecule has 0 fully saturated rings. The first-order valence-electron chi connectivity index (χ1n) is 12.4. The number of rotatable bonds is 18. The van der Waals surface area contributed by atoms with Gasteiger partial charge in [-0.3, -0.25) is 0 Å². The van der Waals surface area contributed by atoms with Crippen LogP contribution in [0.25, 0.3) is 0 Å². The fraction of sp³-hybridized carbons (Fsp3) is 1.00. The Morgan fingerprint density at radius 1 is 0.393 bits per heavy atom. The molecule has 0 spiro atoms. The van der Waals surface area contributed by atoms with E-state index in [9.17, 15) is 0 Å². The van der Waals surface area contributed by atoms with Crippen LogP contribution in [-0.2, 0) is 0 Å². The zero-order valence-corrected chi connectivity index (χ0v) is 21.2. The van der Waals surface area contributed by atoms with E-state index in [0.29, 0.717) is 10.8 Å². The van der Waals surface area contributed by atoms with Crippen molar-refractivity contribution in [2.45, 2.75) is 144 Å². The summed E-state index contributed by atoms with van der Waals surface area (Å²) < 4.78 is 0. The molecule has 0 saturated carbocycles. The van der Waals surface area contributed by atoms with Gasteiger partial charge in [-0.05, 0) is 49.6 Å². The molecule has 0 bridgehead atoms. The van der Waals surface area contributed by atoms with Gasteiger partial charge in [0.05, 0.1) is 0 Å². The Balaban J connectivity index is 0. The average molecular weight is 389 g/mol. The van der Waals surface area contributed by atoms with Crippen molar-refractivity contribution in [2.24, 2.45) is 10.8 Å². The van der Waals surface area contributed by atoms with Crippen LogP contribution >= 0.6 is 0 Å². The maximum Gasteiger partial charge on any atom is 0 e. The third-order valence-electron chi connectivity index (χ3n) is 5.56. The number of hydrogen-bond acceptors (Lipinski definition) is 1. The molecule has 0 amide bonds. The van der Waals surface area contributed by atoms with Crippen LogP contribution in [0.4, 0.5) is 0 Å². The van der Waals surface area contributed by atoms with E-state index in [0.717, 1.165) is 0 Å². The van der Waals surface area contributed by atoms with Crippen LogP contribution in [0.15, 0.2) is 0 Å². The molecular weight excluding hydrogens is 333 g/mol. The van der Waals surface area contributed by atoms with Gasteiger partial charge in [0.2, 0.25) is 0 Å². The van der Waals surface area contributed by atoms with Crippen LogP contribution in [0, 0.1) is 10.8 Å². The van der Waals surface area contributed by atoms with E-state index in [1.165, 1.54) is 116 Å². The zero-order valence-electron chi connectivity index (χ0n) is 21.2. The molecule has 0 aliphatic rings. The van der Waals surface area contributed by atoms with Gasteiger partial charge in [0.15, 0.2) is 0 Å². The Morgan fingerprint density at radius 3 is 0.929 bits per heavy atom. The Bertz CT molecular complexity index is 271. The minimum Gasteiger partial charge on any atom is -0.317 e. The SMILES string of the molecule is CC(C)(C)CCCCCCCCCNCCCCCCCCCC(C)(C)C.[Li]. The summed E-state index contributed by atoms with van der Waals surface area (Å²) in [5.41, 5.74) is 1.05. The number of hydrogen-bond donors (Lipinski definition) is 1. The van der Waals surface area contributed by atoms with Crippen molar-refractivity contribution >= 4 is 18.9 Å². The van der Waals surface area contributed by atoms with Gasteiger partial charge < -0.3 is 5.32 Å². The third-order valence-corrected chi connectivity index (χ3v) is 5.56. The van der Waals surface area contributed by atoms with Crippen LogP contribution < -0.4 is 5.32 Å². The van der Waals surface area contributed by atoms with Crippen molar-refractivity contribution < 1.29 is 0 Å². The van der Waals surface area contributed by atoms with Gasteiger partial charge in [0.25, 0.3) is 0 Å². The fourth-order valence-electron chi connectivity index (χ4n) is 3.70. The summed E-state index contributed by atoms with van der Waals surface area (Å²) in [6.07, 6.45) is 22.7. The molecule has 0 aliphatic heterocycles. The summed E-state index contributed by atoms with van der Waals surface area (Å²) in [6, 6.07) is 0. The Kier molecular flexibility index (Phi) is 21.4. The summed E-state index contributed by atoms with van der Waals surface area (Å²) in [5, 5.41) is 3.64. The summed E-state index contributed by atoms with van der Waals surface area (Å²) in [6.45, 7) is 16.6. The van der Waals surface area contributed by atoms with Gasteiger partial charge in [-0.25, -0.2) is 0 Å². The van der Waals surface area contributed by atoms with Crippen LogP contribution in [0.2, 0.25) is 0 Å². The van der Waals surface area contributed by atoms with Crippen LogP contribution in [0.5, 0.6) is 0 Å². The molecule has 1 N–H and O–H groups in total. The second-order valence-corrected chi connectivity index (χ2v) is 11.3. The van der Waals surface area contributed by atoms with E-state index in [-0.39, 0.29) is 18.9 Å². The van der Waals surface area contributed by atoms with Crippen molar-refractivity contribution in [1.82, 2.24) is 5.32 Å². The second-order valence-electron chi connectivity index (χ2n) is 11.3. The standard InChI is InChI=1S/C26H55N.Li/c1-25(2,3)21-17-13-9-7-11-15-19-23-27-24-20-16-12-8-10-14-18-22-26(4,5)6;/h27H,7-24H2,1-6H3;. The molecule has 0 aliphatic carbocycles. The maximum atomic E-state index is 3.64. The summed E-state index contributed by atoms with van der Waals surface area (Å²) in [7, 11) is 0. The molecule has 0 saturated heterocycles. The predicted molar refractivity (Wildman–Crippen MR) is 131 cm³/mol. The molecule has 0 aromatic carbocycles. The van der Waals surface area contributed by atoms with Crippen molar-refractivity contribution in [3.05, 3.63) is 0 Å². The van der Waals surface area contributed by atoms with Gasteiger partial charge in [0.1, 0.15) is 0 Å². The molecule has 0 aromatic heterocycles. The van der Waals surface area contributed by atoms with Crippen LogP contribution in [0.1, 0.15) is 144 Å². The molecule has 165 valence electrons. The Morgan fingerprint density at radius 2 is 0.643 bits per heavy atom. The molecule has 2 heteroatoms. The molecule has 0 heterocycles. The van der Waals surface area contributed by atoms with E-state index in [4.69, 9.17) is 0 Å². The van der Waals surface area contributed by atoms with Crippen molar-refractivity contribution in [3.63, 3.8) is 0 Å². The topological polar surface area (TPSA) is 12.0 Å². The molecule has 0 atom stereocenters. The van der Waals surface area contributed by atoms with Crippen molar-refractivity contribution in [1.29, 1.82) is 0 Å². The van der Waals surface area contributed by atoms with E-state index in [2.05, 4.69) is 46.9 Å². The van der Waals surface area contributed by atoms with Gasteiger partial charge >= 0.3 is 0 Å². The van der Waals surface area contributed by atoms with Gasteiger partial charge in [-0.15, -0.1) is 0 Å². The summed E-state index contributed by atoms with van der Waals surface area (Å²) in [4.78, 5) is 0. The molecule has 0 rings (SSSR count). The van der Waals surface area contributed by atoms with E-state index < -0.39 is 0 Å². The first kappa shape index (κ1) is 30.7. The number of nitrogens with one attached hydrogen (secondary N) is 1. The van der Waals surface area contributed by atoms with Crippen molar-refractivity contribution in [3.8, 4) is 0 Å². The number of unbranched alkanes of at least 4 members (excludes halogenated alkanes) is 12. The van der Waals surface area contributed by atoms with Gasteiger partial charge in [0, 0.05) is 18.9 Å². The van der Waals surface area contributed by atoms with Crippen molar-refractivity contribution in [2.75, 3.05) is 13.1 Å². The molecule has 1 nitrogen and oxygen atoms in total. The maximum absolute atomic E-state index is 3.64. The first-order chi connectivity index (χ1) is 12.7. The Labute approximate surface area is 192 Å². The first-order valence-corrected chi connectivity index (χ1v) is 12.4. The van der Waals surface area contributed by atoms with Gasteiger partial charge in [-0.2, -0.15) is 0 Å². The van der Waals surface area contributed by atoms with E-state index in [1.807, 2.05) is 0 Å². The monoisotopic (exact) mass is 388 g/mol. The molecule has 0 aromatic rings. The normalized spacial score (nSPS) is 12.2. The largest absolute Gasteiger partial charge is 0.317 e.